The highest BCUT2D eigenvalue weighted by Gasteiger charge is 2.40. The molecule has 4 rings (SSSR count). The van der Waals surface area contributed by atoms with Crippen LogP contribution in [0.3, 0.4) is 0 Å². The highest BCUT2D eigenvalue weighted by atomic mass is 32.1. The molecule has 2 aromatic rings. The van der Waals surface area contributed by atoms with Crippen LogP contribution in [0.15, 0.2) is 42.0 Å². The summed E-state index contributed by atoms with van der Waals surface area (Å²) >= 11 is 1.86. The number of halogens is 9. The monoisotopic (exact) mass is 685 g/mol. The van der Waals surface area contributed by atoms with Gasteiger partial charge in [0.15, 0.2) is 0 Å². The first-order chi connectivity index (χ1) is 20.6. The van der Waals surface area contributed by atoms with E-state index in [1.807, 2.05) is 29.8 Å². The van der Waals surface area contributed by atoms with Crippen molar-refractivity contribution in [3.63, 3.8) is 0 Å². The van der Waals surface area contributed by atoms with E-state index in [9.17, 15) is 39.5 Å². The lowest BCUT2D eigenvalue weighted by molar-refractivity contribution is -0.193. The first-order valence-corrected chi connectivity index (χ1v) is 13.4. The molecular formula is C25H28F9N3O7S. The average Bonchev–Trinajstić information content (AvgIpc) is 3.44. The topological polar surface area (TPSA) is 140 Å². The summed E-state index contributed by atoms with van der Waals surface area (Å²) in [6, 6.07) is 8.57. The molecule has 0 saturated carbocycles. The number of aliphatic carboxylic acids is 3. The smallest absolute Gasteiger partial charge is 0.475 e. The largest absolute Gasteiger partial charge is 0.490 e. The van der Waals surface area contributed by atoms with Crippen LogP contribution >= 0.6 is 11.3 Å². The molecule has 2 aromatic heterocycles. The zero-order chi connectivity index (χ0) is 34.5. The number of carbonyl (C=O) groups is 3. The molecule has 0 aromatic carbocycles. The van der Waals surface area contributed by atoms with Gasteiger partial charge in [0.05, 0.1) is 12.2 Å². The van der Waals surface area contributed by atoms with Gasteiger partial charge in [0.1, 0.15) is 0 Å². The third kappa shape index (κ3) is 15.9. The van der Waals surface area contributed by atoms with E-state index in [0.29, 0.717) is 0 Å². The number of alkyl halides is 9. The summed E-state index contributed by atoms with van der Waals surface area (Å²) in [5.41, 5.74) is 1.36. The summed E-state index contributed by atoms with van der Waals surface area (Å²) in [4.78, 5) is 37.5. The Labute approximate surface area is 253 Å². The van der Waals surface area contributed by atoms with E-state index in [4.69, 9.17) is 34.4 Å². The molecule has 2 fully saturated rings. The summed E-state index contributed by atoms with van der Waals surface area (Å²) in [6.45, 7) is 7.28. The summed E-state index contributed by atoms with van der Waals surface area (Å²) in [5.74, 6) is -8.27. The molecule has 20 heteroatoms. The second-order valence-corrected chi connectivity index (χ2v) is 10.4. The minimum Gasteiger partial charge on any atom is -0.475 e. The minimum absolute atomic E-state index is 0.0619. The molecule has 2 aliphatic heterocycles. The molecule has 0 amide bonds. The van der Waals surface area contributed by atoms with Gasteiger partial charge in [0.25, 0.3) is 0 Å². The van der Waals surface area contributed by atoms with Gasteiger partial charge in [-0.2, -0.15) is 39.5 Å². The van der Waals surface area contributed by atoms with Crippen molar-refractivity contribution in [1.82, 2.24) is 14.8 Å². The third-order valence-corrected chi connectivity index (χ3v) is 6.77. The van der Waals surface area contributed by atoms with Crippen molar-refractivity contribution >= 4 is 29.2 Å². The number of carboxylic acid groups (broad SMARTS) is 3. The van der Waals surface area contributed by atoms with Crippen LogP contribution < -0.4 is 0 Å². The Bertz CT molecular complexity index is 1130. The van der Waals surface area contributed by atoms with Crippen LogP contribution in [0.25, 0.3) is 0 Å². The van der Waals surface area contributed by atoms with E-state index >= 15 is 0 Å². The summed E-state index contributed by atoms with van der Waals surface area (Å²) in [6.07, 6.45) is -9.15. The van der Waals surface area contributed by atoms with Crippen molar-refractivity contribution in [2.75, 3.05) is 32.8 Å². The Morgan fingerprint density at radius 3 is 1.71 bits per heavy atom. The molecule has 254 valence electrons. The predicted molar refractivity (Wildman–Crippen MR) is 138 cm³/mol. The fraction of sp³-hybridized carbons (Fsp3) is 0.520. The standard InChI is InChI=1S/C19H25N3OS.3C2HF3O2/c1-3-17(13-20-7-1)14-22-10-11-23-19(16-22)5-8-21(9-6-19)15-18-4-2-12-24-18;3*3-2(4,5)1(6)7/h1-4,7,12-13H,5-6,8-11,14-16H2;3*(H,6,7). The van der Waals surface area contributed by atoms with Crippen molar-refractivity contribution in [3.8, 4) is 0 Å². The predicted octanol–water partition coefficient (Wildman–Crippen LogP) is 4.91. The molecular weight excluding hydrogens is 657 g/mol. The number of hydrogen-bond donors (Lipinski definition) is 3. The molecule has 10 nitrogen and oxygen atoms in total. The number of carboxylic acids is 3. The van der Waals surface area contributed by atoms with Gasteiger partial charge in [-0.05, 0) is 35.9 Å². The number of morpholine rings is 1. The van der Waals surface area contributed by atoms with Gasteiger partial charge in [-0.1, -0.05) is 12.1 Å². The number of thiophene rings is 1. The molecule has 2 aliphatic rings. The van der Waals surface area contributed by atoms with Crippen molar-refractivity contribution < 1.29 is 74.0 Å². The van der Waals surface area contributed by atoms with E-state index in [1.165, 1.54) is 10.4 Å². The molecule has 4 heterocycles. The number of pyridine rings is 1. The van der Waals surface area contributed by atoms with Crippen LogP contribution in [0.4, 0.5) is 39.5 Å². The van der Waals surface area contributed by atoms with E-state index in [0.717, 1.165) is 58.7 Å². The third-order valence-electron chi connectivity index (χ3n) is 5.91. The highest BCUT2D eigenvalue weighted by molar-refractivity contribution is 7.09. The van der Waals surface area contributed by atoms with Crippen LogP contribution in [0.5, 0.6) is 0 Å². The lowest BCUT2D eigenvalue weighted by Gasteiger charge is -2.47. The van der Waals surface area contributed by atoms with Crippen molar-refractivity contribution in [1.29, 1.82) is 0 Å². The van der Waals surface area contributed by atoms with E-state index in [2.05, 4.69) is 38.4 Å². The van der Waals surface area contributed by atoms with Crippen molar-refractivity contribution in [2.24, 2.45) is 0 Å². The van der Waals surface area contributed by atoms with Crippen LogP contribution in [-0.4, -0.2) is 105 Å². The maximum absolute atomic E-state index is 10.6. The molecule has 0 radical (unpaired) electrons. The number of rotatable bonds is 4. The molecule has 45 heavy (non-hydrogen) atoms. The second-order valence-electron chi connectivity index (χ2n) is 9.37. The minimum atomic E-state index is -5.08. The first-order valence-electron chi connectivity index (χ1n) is 12.5. The van der Waals surface area contributed by atoms with Crippen molar-refractivity contribution in [3.05, 3.63) is 52.5 Å². The van der Waals surface area contributed by atoms with E-state index < -0.39 is 36.4 Å². The van der Waals surface area contributed by atoms with Gasteiger partial charge in [-0.3, -0.25) is 14.8 Å². The second kappa shape index (κ2) is 17.3. The SMILES string of the molecule is O=C(O)C(F)(F)F.O=C(O)C(F)(F)F.O=C(O)C(F)(F)F.c1cncc(CN2CCOC3(CCN(Cc4cccs4)CC3)C2)c1. The lowest BCUT2D eigenvalue weighted by Crippen LogP contribution is -2.56. The van der Waals surface area contributed by atoms with E-state index in [-0.39, 0.29) is 5.60 Å². The zero-order valence-corrected chi connectivity index (χ0v) is 23.8. The molecule has 0 bridgehead atoms. The first kappa shape index (κ1) is 39.5. The zero-order valence-electron chi connectivity index (χ0n) is 23.0. The van der Waals surface area contributed by atoms with Crippen LogP contribution in [-0.2, 0) is 32.2 Å². The number of ether oxygens (including phenoxy) is 1. The Morgan fingerprint density at radius 1 is 0.800 bits per heavy atom. The molecule has 0 aliphatic carbocycles. The van der Waals surface area contributed by atoms with Gasteiger partial charge in [-0.25, -0.2) is 14.4 Å². The maximum Gasteiger partial charge on any atom is 0.490 e. The Morgan fingerprint density at radius 2 is 1.31 bits per heavy atom. The van der Waals surface area contributed by atoms with E-state index in [1.54, 1.807) is 0 Å². The fourth-order valence-corrected chi connectivity index (χ4v) is 4.60. The van der Waals surface area contributed by atoms with Crippen LogP contribution in [0, 0.1) is 0 Å². The van der Waals surface area contributed by atoms with Gasteiger partial charge in [0, 0.05) is 56.5 Å². The van der Waals surface area contributed by atoms with Crippen LogP contribution in [0.2, 0.25) is 0 Å². The number of nitrogens with zero attached hydrogens (tertiary/aromatic N) is 3. The Balaban J connectivity index is 0.000000396. The number of likely N-dealkylation sites (tertiary alicyclic amines) is 1. The fourth-order valence-electron chi connectivity index (χ4n) is 3.85. The lowest BCUT2D eigenvalue weighted by atomic mass is 9.89. The van der Waals surface area contributed by atoms with Gasteiger partial charge < -0.3 is 20.1 Å². The molecule has 1 spiro atoms. The molecule has 0 atom stereocenters. The van der Waals surface area contributed by atoms with Crippen molar-refractivity contribution in [2.45, 2.75) is 50.1 Å². The molecule has 0 unspecified atom stereocenters. The Hall–Kier alpha value is -3.49. The quantitative estimate of drug-likeness (QED) is 0.381. The van der Waals surface area contributed by atoms with Crippen LogP contribution in [0.1, 0.15) is 23.3 Å². The number of hydrogen-bond acceptors (Lipinski definition) is 8. The summed E-state index contributed by atoms with van der Waals surface area (Å²) in [7, 11) is 0. The number of aromatic nitrogens is 1. The van der Waals surface area contributed by atoms with Gasteiger partial charge >= 0.3 is 36.4 Å². The normalized spacial score (nSPS) is 17.0. The average molecular weight is 686 g/mol. The maximum atomic E-state index is 10.6. The highest BCUT2D eigenvalue weighted by Crippen LogP contribution is 2.31. The molecule has 3 N–H and O–H groups in total. The summed E-state index contributed by atoms with van der Waals surface area (Å²) < 4.78 is 101. The number of piperidine rings is 1. The molecule has 2 saturated heterocycles. The van der Waals surface area contributed by atoms with Gasteiger partial charge in [0.2, 0.25) is 0 Å². The Kier molecular flexibility index (Phi) is 15.2. The van der Waals surface area contributed by atoms with Gasteiger partial charge in [-0.15, -0.1) is 11.3 Å². The summed E-state index contributed by atoms with van der Waals surface area (Å²) in [5, 5.41) is 23.5.